The molecule has 28 heavy (non-hydrogen) atoms. The van der Waals surface area contributed by atoms with Gasteiger partial charge < -0.3 is 4.98 Å². The standard InChI is InChI=1S/C21H14Cl2N4O/c22-16-7-3-1-5-14(16)12-24-27-21(28)13-9-10-18-19(11-13)26-20(25-18)15-6-2-4-8-17(15)23/h1-12H,(H,25,26)(H,27,28)/b24-12+. The summed E-state index contributed by atoms with van der Waals surface area (Å²) in [5, 5.41) is 5.14. The van der Waals surface area contributed by atoms with Crippen molar-refractivity contribution in [2.45, 2.75) is 0 Å². The van der Waals surface area contributed by atoms with Gasteiger partial charge in [0.2, 0.25) is 0 Å². The molecule has 0 bridgehead atoms. The van der Waals surface area contributed by atoms with Gasteiger partial charge >= 0.3 is 0 Å². The number of hydrazone groups is 1. The quantitative estimate of drug-likeness (QED) is 0.355. The number of nitrogens with one attached hydrogen (secondary N) is 2. The van der Waals surface area contributed by atoms with Crippen molar-refractivity contribution >= 4 is 46.4 Å². The van der Waals surface area contributed by atoms with Crippen LogP contribution in [0.15, 0.2) is 71.8 Å². The molecular weight excluding hydrogens is 395 g/mol. The zero-order valence-electron chi connectivity index (χ0n) is 14.5. The van der Waals surface area contributed by atoms with Gasteiger partial charge in [0, 0.05) is 21.7 Å². The molecule has 2 N–H and O–H groups in total. The van der Waals surface area contributed by atoms with Crippen LogP contribution < -0.4 is 5.43 Å². The van der Waals surface area contributed by atoms with E-state index in [1.54, 1.807) is 30.3 Å². The van der Waals surface area contributed by atoms with Gasteiger partial charge in [0.05, 0.1) is 22.3 Å². The minimum Gasteiger partial charge on any atom is -0.338 e. The molecule has 0 spiro atoms. The molecule has 0 aliphatic heterocycles. The Morgan fingerprint density at radius 2 is 1.75 bits per heavy atom. The highest BCUT2D eigenvalue weighted by Crippen LogP contribution is 2.27. The molecule has 0 aliphatic carbocycles. The van der Waals surface area contributed by atoms with Crippen LogP contribution in [0.5, 0.6) is 0 Å². The second-order valence-corrected chi connectivity index (χ2v) is 6.83. The van der Waals surface area contributed by atoms with Crippen molar-refractivity contribution < 1.29 is 4.79 Å². The number of aromatic nitrogens is 2. The molecule has 0 radical (unpaired) electrons. The maximum Gasteiger partial charge on any atom is 0.271 e. The molecule has 1 aromatic heterocycles. The fourth-order valence-electron chi connectivity index (χ4n) is 2.74. The highest BCUT2D eigenvalue weighted by Gasteiger charge is 2.11. The van der Waals surface area contributed by atoms with Crippen LogP contribution in [0.2, 0.25) is 10.0 Å². The molecule has 0 atom stereocenters. The van der Waals surface area contributed by atoms with Crippen LogP contribution in [-0.4, -0.2) is 22.1 Å². The summed E-state index contributed by atoms with van der Waals surface area (Å²) >= 11 is 12.3. The summed E-state index contributed by atoms with van der Waals surface area (Å²) in [4.78, 5) is 20.1. The molecule has 0 fully saturated rings. The van der Waals surface area contributed by atoms with Gasteiger partial charge in [-0.3, -0.25) is 4.79 Å². The molecule has 5 nitrogen and oxygen atoms in total. The Morgan fingerprint density at radius 3 is 2.54 bits per heavy atom. The van der Waals surface area contributed by atoms with Crippen molar-refractivity contribution in [1.29, 1.82) is 0 Å². The highest BCUT2D eigenvalue weighted by molar-refractivity contribution is 6.33. The number of carbonyl (C=O) groups excluding carboxylic acids is 1. The second kappa shape index (κ2) is 7.84. The number of halogens is 2. The Labute approximate surface area is 171 Å². The Bertz CT molecular complexity index is 1200. The highest BCUT2D eigenvalue weighted by atomic mass is 35.5. The van der Waals surface area contributed by atoms with E-state index in [4.69, 9.17) is 23.2 Å². The minimum atomic E-state index is -0.334. The van der Waals surface area contributed by atoms with Crippen LogP contribution in [0.25, 0.3) is 22.4 Å². The van der Waals surface area contributed by atoms with Gasteiger partial charge in [0.15, 0.2) is 0 Å². The average Bonchev–Trinajstić information content (AvgIpc) is 3.12. The Balaban J connectivity index is 1.55. The van der Waals surface area contributed by atoms with Gasteiger partial charge in [0.1, 0.15) is 5.82 Å². The number of imidazole rings is 1. The lowest BCUT2D eigenvalue weighted by molar-refractivity contribution is 0.0955. The maximum absolute atomic E-state index is 12.4. The third kappa shape index (κ3) is 3.76. The van der Waals surface area contributed by atoms with Gasteiger partial charge in [-0.2, -0.15) is 5.10 Å². The van der Waals surface area contributed by atoms with Crippen molar-refractivity contribution in [1.82, 2.24) is 15.4 Å². The monoisotopic (exact) mass is 408 g/mol. The zero-order valence-corrected chi connectivity index (χ0v) is 16.0. The van der Waals surface area contributed by atoms with Crippen LogP contribution in [0.4, 0.5) is 0 Å². The molecule has 3 aromatic carbocycles. The van der Waals surface area contributed by atoms with Crippen molar-refractivity contribution in [2.75, 3.05) is 0 Å². The van der Waals surface area contributed by atoms with Crippen LogP contribution in [0.1, 0.15) is 15.9 Å². The summed E-state index contributed by atoms with van der Waals surface area (Å²) in [6.07, 6.45) is 1.50. The van der Waals surface area contributed by atoms with E-state index in [1.165, 1.54) is 6.21 Å². The van der Waals surface area contributed by atoms with Crippen molar-refractivity contribution in [2.24, 2.45) is 5.10 Å². The summed E-state index contributed by atoms with van der Waals surface area (Å²) in [5.41, 5.74) is 5.96. The van der Waals surface area contributed by atoms with Crippen molar-refractivity contribution in [3.05, 3.63) is 87.9 Å². The SMILES string of the molecule is O=C(N/N=C/c1ccccc1Cl)c1ccc2nc(-c3ccccc3Cl)[nH]c2c1. The van der Waals surface area contributed by atoms with Gasteiger partial charge in [0.25, 0.3) is 5.91 Å². The molecule has 7 heteroatoms. The summed E-state index contributed by atoms with van der Waals surface area (Å²) in [6.45, 7) is 0. The third-order valence-corrected chi connectivity index (χ3v) is 4.82. The largest absolute Gasteiger partial charge is 0.338 e. The molecule has 138 valence electrons. The Kier molecular flexibility index (Phi) is 5.10. The topological polar surface area (TPSA) is 70.1 Å². The lowest BCUT2D eigenvalue weighted by Gasteiger charge is -2.00. The molecule has 4 rings (SSSR count). The van der Waals surface area contributed by atoms with E-state index in [0.29, 0.717) is 21.4 Å². The Hall–Kier alpha value is -3.15. The molecule has 0 saturated heterocycles. The van der Waals surface area contributed by atoms with Crippen LogP contribution in [0.3, 0.4) is 0 Å². The summed E-state index contributed by atoms with van der Waals surface area (Å²) < 4.78 is 0. The molecule has 1 heterocycles. The number of rotatable bonds is 4. The molecule has 0 unspecified atom stereocenters. The first-order valence-electron chi connectivity index (χ1n) is 8.44. The zero-order chi connectivity index (χ0) is 19.5. The van der Waals surface area contributed by atoms with Crippen LogP contribution >= 0.6 is 23.2 Å². The van der Waals surface area contributed by atoms with Crippen LogP contribution in [-0.2, 0) is 0 Å². The third-order valence-electron chi connectivity index (χ3n) is 4.15. The number of benzene rings is 3. The van der Waals surface area contributed by atoms with Crippen molar-refractivity contribution in [3.63, 3.8) is 0 Å². The number of fused-ring (bicyclic) bond motifs is 1. The number of amides is 1. The molecule has 0 saturated carbocycles. The number of H-pyrrole nitrogens is 1. The van der Waals surface area contributed by atoms with E-state index in [0.717, 1.165) is 22.2 Å². The molecule has 0 aliphatic rings. The summed E-state index contributed by atoms with van der Waals surface area (Å²) in [5.74, 6) is 0.314. The number of nitrogens with zero attached hydrogens (tertiary/aromatic N) is 2. The van der Waals surface area contributed by atoms with Gasteiger partial charge in [-0.1, -0.05) is 53.5 Å². The fraction of sp³-hybridized carbons (Fsp3) is 0. The Morgan fingerprint density at radius 1 is 1.00 bits per heavy atom. The first-order chi connectivity index (χ1) is 13.6. The lowest BCUT2D eigenvalue weighted by Crippen LogP contribution is -2.17. The number of hydrogen-bond acceptors (Lipinski definition) is 3. The van der Waals surface area contributed by atoms with E-state index in [1.807, 2.05) is 36.4 Å². The lowest BCUT2D eigenvalue weighted by atomic mass is 10.2. The van der Waals surface area contributed by atoms with E-state index in [9.17, 15) is 4.79 Å². The van der Waals surface area contributed by atoms with Gasteiger partial charge in [-0.15, -0.1) is 0 Å². The number of hydrogen-bond donors (Lipinski definition) is 2. The predicted molar refractivity (Wildman–Crippen MR) is 113 cm³/mol. The number of aromatic amines is 1. The predicted octanol–water partition coefficient (Wildman–Crippen LogP) is 5.30. The minimum absolute atomic E-state index is 0.334. The molecular formula is C21H14Cl2N4O. The number of carbonyl (C=O) groups is 1. The first-order valence-corrected chi connectivity index (χ1v) is 9.20. The maximum atomic E-state index is 12.4. The first kappa shape index (κ1) is 18.2. The normalized spacial score (nSPS) is 11.2. The van der Waals surface area contributed by atoms with E-state index in [-0.39, 0.29) is 5.91 Å². The van der Waals surface area contributed by atoms with E-state index in [2.05, 4.69) is 20.5 Å². The molecule has 4 aromatic rings. The van der Waals surface area contributed by atoms with E-state index >= 15 is 0 Å². The van der Waals surface area contributed by atoms with Crippen molar-refractivity contribution in [3.8, 4) is 11.4 Å². The smallest absolute Gasteiger partial charge is 0.271 e. The van der Waals surface area contributed by atoms with Gasteiger partial charge in [-0.05, 0) is 36.4 Å². The second-order valence-electron chi connectivity index (χ2n) is 6.02. The van der Waals surface area contributed by atoms with Gasteiger partial charge in [-0.25, -0.2) is 10.4 Å². The van der Waals surface area contributed by atoms with E-state index < -0.39 is 0 Å². The summed E-state index contributed by atoms with van der Waals surface area (Å²) in [6, 6.07) is 19.9. The molecule has 1 amide bonds. The summed E-state index contributed by atoms with van der Waals surface area (Å²) in [7, 11) is 0. The fourth-order valence-corrected chi connectivity index (χ4v) is 3.15. The van der Waals surface area contributed by atoms with Crippen LogP contribution in [0, 0.1) is 0 Å². The average molecular weight is 409 g/mol.